The molecule has 0 aliphatic rings. The van der Waals surface area contributed by atoms with E-state index in [4.69, 9.17) is 10.6 Å². The van der Waals surface area contributed by atoms with Gasteiger partial charge in [-0.25, -0.2) is 14.8 Å². The molecule has 1 unspecified atom stereocenters. The number of halogens is 1. The van der Waals surface area contributed by atoms with E-state index in [1.807, 2.05) is 17.7 Å². The second kappa shape index (κ2) is 5.81. The number of benzene rings is 1. The summed E-state index contributed by atoms with van der Waals surface area (Å²) in [7, 11) is 1.43. The van der Waals surface area contributed by atoms with Crippen LogP contribution in [0.2, 0.25) is 0 Å². The summed E-state index contributed by atoms with van der Waals surface area (Å²) in [5.74, 6) is 6.11. The van der Waals surface area contributed by atoms with Gasteiger partial charge in [-0.1, -0.05) is 6.07 Å². The highest BCUT2D eigenvalue weighted by Crippen LogP contribution is 2.25. The van der Waals surface area contributed by atoms with E-state index >= 15 is 0 Å². The number of hydrogen-bond acceptors (Lipinski definition) is 4. The first-order valence-corrected chi connectivity index (χ1v) is 6.01. The smallest absolute Gasteiger partial charge is 0.165 e. The molecule has 0 aliphatic heterocycles. The molecule has 0 fully saturated rings. The minimum Gasteiger partial charge on any atom is -0.494 e. The number of methoxy groups -OCH3 is 1. The number of imidazole rings is 1. The van der Waals surface area contributed by atoms with Crippen molar-refractivity contribution in [2.24, 2.45) is 5.84 Å². The molecule has 102 valence electrons. The summed E-state index contributed by atoms with van der Waals surface area (Å²) in [6, 6.07) is 4.38. The molecule has 0 radical (unpaired) electrons. The van der Waals surface area contributed by atoms with E-state index < -0.39 is 5.82 Å². The topological polar surface area (TPSA) is 65.1 Å². The van der Waals surface area contributed by atoms with Gasteiger partial charge in [0.2, 0.25) is 0 Å². The Morgan fingerprint density at radius 2 is 2.32 bits per heavy atom. The summed E-state index contributed by atoms with van der Waals surface area (Å²) < 4.78 is 20.6. The molecule has 6 heteroatoms. The maximum Gasteiger partial charge on any atom is 0.165 e. The summed E-state index contributed by atoms with van der Waals surface area (Å²) in [4.78, 5) is 4.27. The lowest BCUT2D eigenvalue weighted by Crippen LogP contribution is -2.31. The summed E-state index contributed by atoms with van der Waals surface area (Å²) >= 11 is 0. The molecule has 1 heterocycles. The standard InChI is InChI=1S/C13H17FN4O/c1-3-18-7-6-16-13(18)12(17-15)9-4-5-11(19-2)10(14)8-9/h4-8,12,17H,3,15H2,1-2H3. The van der Waals surface area contributed by atoms with E-state index in [0.29, 0.717) is 5.56 Å². The first kappa shape index (κ1) is 13.5. The highest BCUT2D eigenvalue weighted by Gasteiger charge is 2.18. The van der Waals surface area contributed by atoms with Gasteiger partial charge in [-0.05, 0) is 24.6 Å². The molecule has 0 saturated carbocycles. The maximum atomic E-state index is 13.8. The first-order chi connectivity index (χ1) is 9.21. The normalized spacial score (nSPS) is 12.4. The number of ether oxygens (including phenoxy) is 1. The van der Waals surface area contributed by atoms with E-state index in [2.05, 4.69) is 10.4 Å². The third-order valence-corrected chi connectivity index (χ3v) is 3.02. The second-order valence-corrected chi connectivity index (χ2v) is 4.07. The van der Waals surface area contributed by atoms with Crippen molar-refractivity contribution < 1.29 is 9.13 Å². The van der Waals surface area contributed by atoms with Crippen molar-refractivity contribution in [3.8, 4) is 5.75 Å². The zero-order chi connectivity index (χ0) is 13.8. The summed E-state index contributed by atoms with van der Waals surface area (Å²) in [5, 5.41) is 0. The van der Waals surface area contributed by atoms with Crippen molar-refractivity contribution in [2.45, 2.75) is 19.5 Å². The van der Waals surface area contributed by atoms with Crippen LogP contribution < -0.4 is 16.0 Å². The molecule has 2 rings (SSSR count). The fourth-order valence-electron chi connectivity index (χ4n) is 2.03. The number of nitrogens with one attached hydrogen (secondary N) is 1. The van der Waals surface area contributed by atoms with Gasteiger partial charge in [0, 0.05) is 18.9 Å². The van der Waals surface area contributed by atoms with E-state index in [-0.39, 0.29) is 11.8 Å². The number of aromatic nitrogens is 2. The van der Waals surface area contributed by atoms with Crippen molar-refractivity contribution in [3.63, 3.8) is 0 Å². The third kappa shape index (κ3) is 2.59. The van der Waals surface area contributed by atoms with E-state index in [1.165, 1.54) is 13.2 Å². The molecule has 5 nitrogen and oxygen atoms in total. The SMILES string of the molecule is CCn1ccnc1C(NN)c1ccc(OC)c(F)c1. The number of hydrazine groups is 1. The van der Waals surface area contributed by atoms with Crippen molar-refractivity contribution in [3.05, 3.63) is 47.8 Å². The lowest BCUT2D eigenvalue weighted by Gasteiger charge is -2.17. The van der Waals surface area contributed by atoms with Crippen LogP contribution in [-0.4, -0.2) is 16.7 Å². The average Bonchev–Trinajstić information content (AvgIpc) is 2.88. The van der Waals surface area contributed by atoms with Gasteiger partial charge in [0.25, 0.3) is 0 Å². The highest BCUT2D eigenvalue weighted by molar-refractivity contribution is 5.33. The number of rotatable bonds is 5. The van der Waals surface area contributed by atoms with E-state index in [1.54, 1.807) is 18.3 Å². The predicted octanol–water partition coefficient (Wildman–Crippen LogP) is 1.60. The lowest BCUT2D eigenvalue weighted by molar-refractivity contribution is 0.385. The van der Waals surface area contributed by atoms with Crippen molar-refractivity contribution in [1.82, 2.24) is 15.0 Å². The molecule has 0 bridgehead atoms. The monoisotopic (exact) mass is 264 g/mol. The van der Waals surface area contributed by atoms with Crippen LogP contribution in [0.25, 0.3) is 0 Å². The predicted molar refractivity (Wildman–Crippen MR) is 70.0 cm³/mol. The molecular weight excluding hydrogens is 247 g/mol. The zero-order valence-electron chi connectivity index (χ0n) is 10.9. The van der Waals surface area contributed by atoms with Crippen LogP contribution in [0.5, 0.6) is 5.75 Å². The van der Waals surface area contributed by atoms with Crippen LogP contribution in [0.4, 0.5) is 4.39 Å². The Morgan fingerprint density at radius 3 is 2.89 bits per heavy atom. The molecular formula is C13H17FN4O. The quantitative estimate of drug-likeness (QED) is 0.636. The third-order valence-electron chi connectivity index (χ3n) is 3.02. The Hall–Kier alpha value is -1.92. The molecule has 2 aromatic rings. The zero-order valence-corrected chi connectivity index (χ0v) is 10.9. The molecule has 3 N–H and O–H groups in total. The number of nitrogens with zero attached hydrogens (tertiary/aromatic N) is 2. The molecule has 0 saturated heterocycles. The Kier molecular flexibility index (Phi) is 4.13. The van der Waals surface area contributed by atoms with Crippen LogP contribution >= 0.6 is 0 Å². The van der Waals surface area contributed by atoms with E-state index in [9.17, 15) is 4.39 Å². The molecule has 1 aromatic carbocycles. The Balaban J connectivity index is 2.40. The molecule has 0 amide bonds. The fraction of sp³-hybridized carbons (Fsp3) is 0.308. The van der Waals surface area contributed by atoms with Gasteiger partial charge < -0.3 is 9.30 Å². The Bertz CT molecular complexity index is 555. The van der Waals surface area contributed by atoms with Crippen LogP contribution in [-0.2, 0) is 6.54 Å². The number of hydrogen-bond donors (Lipinski definition) is 2. The van der Waals surface area contributed by atoms with Gasteiger partial charge in [0.05, 0.1) is 7.11 Å². The largest absolute Gasteiger partial charge is 0.494 e. The molecule has 0 aliphatic carbocycles. The molecule has 0 spiro atoms. The van der Waals surface area contributed by atoms with Gasteiger partial charge in [-0.2, -0.15) is 0 Å². The summed E-state index contributed by atoms with van der Waals surface area (Å²) in [6.45, 7) is 2.78. The van der Waals surface area contributed by atoms with Gasteiger partial charge in [0.1, 0.15) is 11.9 Å². The van der Waals surface area contributed by atoms with Gasteiger partial charge in [-0.15, -0.1) is 0 Å². The fourth-order valence-corrected chi connectivity index (χ4v) is 2.03. The van der Waals surface area contributed by atoms with Gasteiger partial charge in [0.15, 0.2) is 11.6 Å². The summed E-state index contributed by atoms with van der Waals surface area (Å²) in [6.07, 6.45) is 3.56. The lowest BCUT2D eigenvalue weighted by atomic mass is 10.1. The van der Waals surface area contributed by atoms with E-state index in [0.717, 1.165) is 12.4 Å². The Labute approximate surface area is 111 Å². The molecule has 19 heavy (non-hydrogen) atoms. The van der Waals surface area contributed by atoms with Crippen LogP contribution in [0.15, 0.2) is 30.6 Å². The van der Waals surface area contributed by atoms with Crippen molar-refractivity contribution in [2.75, 3.05) is 7.11 Å². The maximum absolute atomic E-state index is 13.8. The van der Waals surface area contributed by atoms with Crippen molar-refractivity contribution in [1.29, 1.82) is 0 Å². The number of nitrogens with two attached hydrogens (primary N) is 1. The first-order valence-electron chi connectivity index (χ1n) is 6.01. The van der Waals surface area contributed by atoms with Crippen molar-refractivity contribution >= 4 is 0 Å². The minimum absolute atomic E-state index is 0.207. The summed E-state index contributed by atoms with van der Waals surface area (Å²) in [5.41, 5.74) is 3.37. The van der Waals surface area contributed by atoms with Gasteiger partial charge >= 0.3 is 0 Å². The average molecular weight is 264 g/mol. The molecule has 1 aromatic heterocycles. The highest BCUT2D eigenvalue weighted by atomic mass is 19.1. The Morgan fingerprint density at radius 1 is 1.53 bits per heavy atom. The van der Waals surface area contributed by atoms with Crippen LogP contribution in [0.3, 0.4) is 0 Å². The van der Waals surface area contributed by atoms with Crippen LogP contribution in [0.1, 0.15) is 24.4 Å². The number of aryl methyl sites for hydroxylation is 1. The minimum atomic E-state index is -0.421. The van der Waals surface area contributed by atoms with Gasteiger partial charge in [-0.3, -0.25) is 5.84 Å². The van der Waals surface area contributed by atoms with Crippen LogP contribution in [0, 0.1) is 5.82 Å². The molecule has 1 atom stereocenters. The second-order valence-electron chi connectivity index (χ2n) is 4.07.